The van der Waals surface area contributed by atoms with E-state index in [9.17, 15) is 18.0 Å². The maximum absolute atomic E-state index is 12.6. The van der Waals surface area contributed by atoms with Crippen LogP contribution < -0.4 is 5.73 Å². The van der Waals surface area contributed by atoms with Crippen LogP contribution in [0.1, 0.15) is 17.2 Å². The summed E-state index contributed by atoms with van der Waals surface area (Å²) in [6.07, 6.45) is -5.32. The molecule has 0 aromatic heterocycles. The molecular formula is C14H18F3N3O2. The Kier molecular flexibility index (Phi) is 4.92. The minimum atomic E-state index is -4.36. The first-order valence-electron chi connectivity index (χ1n) is 6.92. The van der Waals surface area contributed by atoms with Gasteiger partial charge in [-0.1, -0.05) is 12.1 Å². The molecule has 1 amide bonds. The van der Waals surface area contributed by atoms with Crippen LogP contribution >= 0.6 is 0 Å². The Morgan fingerprint density at radius 3 is 2.14 bits per heavy atom. The van der Waals surface area contributed by atoms with E-state index < -0.39 is 17.8 Å². The zero-order valence-electron chi connectivity index (χ0n) is 11.9. The van der Waals surface area contributed by atoms with E-state index in [0.717, 1.165) is 12.1 Å². The second-order valence-corrected chi connectivity index (χ2v) is 5.18. The van der Waals surface area contributed by atoms with Gasteiger partial charge in [-0.25, -0.2) is 4.79 Å². The van der Waals surface area contributed by atoms with Crippen molar-refractivity contribution in [1.82, 2.24) is 9.80 Å². The molecule has 1 aliphatic heterocycles. The molecule has 5 nitrogen and oxygen atoms in total. The average molecular weight is 317 g/mol. The first kappa shape index (κ1) is 16.6. The molecule has 1 aromatic rings. The standard InChI is InChI=1S/C14H18F3N3O2/c15-14(16,17)11-3-1-10(2-4-11)12(9-18)19-5-7-20(8-6-19)13(21)22/h1-4,12H,5-9,18H2,(H,21,22). The molecule has 1 aromatic carbocycles. The highest BCUT2D eigenvalue weighted by Gasteiger charge is 2.31. The van der Waals surface area contributed by atoms with Crippen molar-refractivity contribution < 1.29 is 23.1 Å². The number of carbonyl (C=O) groups is 1. The van der Waals surface area contributed by atoms with E-state index in [-0.39, 0.29) is 12.6 Å². The van der Waals surface area contributed by atoms with Crippen molar-refractivity contribution in [3.05, 3.63) is 35.4 Å². The Labute approximate surface area is 126 Å². The highest BCUT2D eigenvalue weighted by atomic mass is 19.4. The van der Waals surface area contributed by atoms with Crippen LogP contribution in [0.5, 0.6) is 0 Å². The lowest BCUT2D eigenvalue weighted by Crippen LogP contribution is -2.50. The van der Waals surface area contributed by atoms with Crippen LogP contribution in [-0.4, -0.2) is 53.7 Å². The third-order valence-electron chi connectivity index (χ3n) is 3.87. The fraction of sp³-hybridized carbons (Fsp3) is 0.500. The largest absolute Gasteiger partial charge is 0.465 e. The number of amides is 1. The van der Waals surface area contributed by atoms with Crippen LogP contribution in [0.3, 0.4) is 0 Å². The van der Waals surface area contributed by atoms with E-state index in [2.05, 4.69) is 0 Å². The van der Waals surface area contributed by atoms with Crippen LogP contribution in [-0.2, 0) is 6.18 Å². The number of nitrogens with zero attached hydrogens (tertiary/aromatic N) is 2. The van der Waals surface area contributed by atoms with E-state index >= 15 is 0 Å². The number of hydrogen-bond acceptors (Lipinski definition) is 3. The Morgan fingerprint density at radius 1 is 1.18 bits per heavy atom. The molecule has 0 saturated carbocycles. The van der Waals surface area contributed by atoms with E-state index in [4.69, 9.17) is 10.8 Å². The van der Waals surface area contributed by atoms with E-state index in [1.54, 1.807) is 0 Å². The number of rotatable bonds is 3. The number of hydrogen-bond donors (Lipinski definition) is 2. The van der Waals surface area contributed by atoms with Crippen molar-refractivity contribution in [2.45, 2.75) is 12.2 Å². The number of carboxylic acid groups (broad SMARTS) is 1. The first-order chi connectivity index (χ1) is 10.3. The molecule has 1 unspecified atom stereocenters. The Hall–Kier alpha value is -1.80. The third kappa shape index (κ3) is 3.69. The van der Waals surface area contributed by atoms with Gasteiger partial charge in [0.1, 0.15) is 0 Å². The summed E-state index contributed by atoms with van der Waals surface area (Å²) < 4.78 is 37.7. The van der Waals surface area contributed by atoms with Crippen molar-refractivity contribution in [2.75, 3.05) is 32.7 Å². The molecule has 0 bridgehead atoms. The molecule has 1 heterocycles. The second-order valence-electron chi connectivity index (χ2n) is 5.18. The molecular weight excluding hydrogens is 299 g/mol. The van der Waals surface area contributed by atoms with Crippen LogP contribution in [0, 0.1) is 0 Å². The van der Waals surface area contributed by atoms with Gasteiger partial charge in [0.2, 0.25) is 0 Å². The maximum atomic E-state index is 12.6. The molecule has 1 fully saturated rings. The molecule has 2 rings (SSSR count). The van der Waals surface area contributed by atoms with Gasteiger partial charge in [0.05, 0.1) is 5.56 Å². The highest BCUT2D eigenvalue weighted by molar-refractivity contribution is 5.65. The van der Waals surface area contributed by atoms with E-state index in [0.29, 0.717) is 31.7 Å². The van der Waals surface area contributed by atoms with Gasteiger partial charge in [0.25, 0.3) is 0 Å². The predicted octanol–water partition coefficient (Wildman–Crippen LogP) is 2.00. The van der Waals surface area contributed by atoms with Gasteiger partial charge >= 0.3 is 12.3 Å². The van der Waals surface area contributed by atoms with Gasteiger partial charge in [-0.3, -0.25) is 4.90 Å². The van der Waals surface area contributed by atoms with E-state index in [1.165, 1.54) is 17.0 Å². The zero-order chi connectivity index (χ0) is 16.3. The summed E-state index contributed by atoms with van der Waals surface area (Å²) in [4.78, 5) is 14.2. The Balaban J connectivity index is 2.07. The van der Waals surface area contributed by atoms with Crippen LogP contribution in [0.15, 0.2) is 24.3 Å². The van der Waals surface area contributed by atoms with Crippen molar-refractivity contribution in [2.24, 2.45) is 5.73 Å². The fourth-order valence-electron chi connectivity index (χ4n) is 2.62. The molecule has 0 radical (unpaired) electrons. The maximum Gasteiger partial charge on any atom is 0.416 e. The van der Waals surface area contributed by atoms with Crippen molar-refractivity contribution in [3.63, 3.8) is 0 Å². The summed E-state index contributed by atoms with van der Waals surface area (Å²) in [5.41, 5.74) is 5.78. The normalized spacial score (nSPS) is 18.3. The molecule has 1 aliphatic rings. The Morgan fingerprint density at radius 2 is 1.73 bits per heavy atom. The molecule has 8 heteroatoms. The molecule has 0 spiro atoms. The lowest BCUT2D eigenvalue weighted by atomic mass is 10.0. The smallest absolute Gasteiger partial charge is 0.416 e. The van der Waals surface area contributed by atoms with Gasteiger partial charge in [0, 0.05) is 38.8 Å². The monoisotopic (exact) mass is 317 g/mol. The second kappa shape index (κ2) is 6.53. The number of benzene rings is 1. The third-order valence-corrected chi connectivity index (χ3v) is 3.87. The fourth-order valence-corrected chi connectivity index (χ4v) is 2.62. The molecule has 122 valence electrons. The number of piperazine rings is 1. The SMILES string of the molecule is NCC(c1ccc(C(F)(F)F)cc1)N1CCN(C(=O)O)CC1. The van der Waals surface area contributed by atoms with Gasteiger partial charge in [-0.05, 0) is 17.7 Å². The van der Waals surface area contributed by atoms with Crippen LogP contribution in [0.25, 0.3) is 0 Å². The minimum absolute atomic E-state index is 0.210. The quantitative estimate of drug-likeness (QED) is 0.894. The van der Waals surface area contributed by atoms with Crippen molar-refractivity contribution in [1.29, 1.82) is 0 Å². The highest BCUT2D eigenvalue weighted by Crippen LogP contribution is 2.30. The van der Waals surface area contributed by atoms with Crippen LogP contribution in [0.2, 0.25) is 0 Å². The van der Waals surface area contributed by atoms with Gasteiger partial charge in [0.15, 0.2) is 0 Å². The number of halogens is 3. The lowest BCUT2D eigenvalue weighted by molar-refractivity contribution is -0.137. The lowest BCUT2D eigenvalue weighted by Gasteiger charge is -2.38. The topological polar surface area (TPSA) is 69.8 Å². The van der Waals surface area contributed by atoms with Gasteiger partial charge < -0.3 is 15.7 Å². The van der Waals surface area contributed by atoms with Gasteiger partial charge in [-0.15, -0.1) is 0 Å². The number of alkyl halides is 3. The molecule has 22 heavy (non-hydrogen) atoms. The molecule has 1 saturated heterocycles. The predicted molar refractivity (Wildman–Crippen MR) is 74.4 cm³/mol. The Bertz CT molecular complexity index is 511. The summed E-state index contributed by atoms with van der Waals surface area (Å²) in [6, 6.07) is 4.75. The van der Waals surface area contributed by atoms with Crippen LogP contribution in [0.4, 0.5) is 18.0 Å². The summed E-state index contributed by atoms with van der Waals surface area (Å²) in [5, 5.41) is 8.92. The molecule has 1 atom stereocenters. The van der Waals surface area contributed by atoms with Gasteiger partial charge in [-0.2, -0.15) is 13.2 Å². The van der Waals surface area contributed by atoms with Crippen molar-refractivity contribution in [3.8, 4) is 0 Å². The summed E-state index contributed by atoms with van der Waals surface area (Å²) >= 11 is 0. The minimum Gasteiger partial charge on any atom is -0.465 e. The number of nitrogens with two attached hydrogens (primary N) is 1. The zero-order valence-corrected chi connectivity index (χ0v) is 11.9. The average Bonchev–Trinajstić information content (AvgIpc) is 2.48. The van der Waals surface area contributed by atoms with Crippen molar-refractivity contribution >= 4 is 6.09 Å². The summed E-state index contributed by atoms with van der Waals surface area (Å²) in [6.45, 7) is 2.02. The molecule has 0 aliphatic carbocycles. The first-order valence-corrected chi connectivity index (χ1v) is 6.92. The summed E-state index contributed by atoms with van der Waals surface area (Å²) in [5.74, 6) is 0. The van der Waals surface area contributed by atoms with E-state index in [1.807, 2.05) is 4.90 Å². The summed E-state index contributed by atoms with van der Waals surface area (Å²) in [7, 11) is 0. The molecule has 3 N–H and O–H groups in total.